The molecular formula is C20H28N4O8. The van der Waals surface area contributed by atoms with Gasteiger partial charge in [-0.15, -0.1) is 0 Å². The van der Waals surface area contributed by atoms with E-state index in [-0.39, 0.29) is 11.8 Å². The molecule has 1 aromatic heterocycles. The van der Waals surface area contributed by atoms with Crippen LogP contribution in [0, 0.1) is 0 Å². The van der Waals surface area contributed by atoms with E-state index in [0.717, 1.165) is 5.56 Å². The van der Waals surface area contributed by atoms with Gasteiger partial charge in [-0.2, -0.15) is 4.98 Å². The second-order valence-electron chi connectivity index (χ2n) is 7.21. The lowest BCUT2D eigenvalue weighted by Crippen LogP contribution is -2.60. The molecular weight excluding hydrogens is 424 g/mol. The Labute approximate surface area is 184 Å². The monoisotopic (exact) mass is 452 g/mol. The summed E-state index contributed by atoms with van der Waals surface area (Å²) in [6, 6.07) is 3.59. The molecule has 1 aliphatic rings. The van der Waals surface area contributed by atoms with Gasteiger partial charge < -0.3 is 50.4 Å². The first kappa shape index (κ1) is 23.8. The maximum absolute atomic E-state index is 10.1. The van der Waals surface area contributed by atoms with E-state index in [9.17, 15) is 20.4 Å². The molecule has 3 rings (SSSR count). The van der Waals surface area contributed by atoms with Gasteiger partial charge in [0.05, 0.1) is 27.9 Å². The number of hydrogen-bond acceptors (Lipinski definition) is 12. The Morgan fingerprint density at radius 3 is 2.22 bits per heavy atom. The molecule has 2 heterocycles. The Hall–Kier alpha value is -2.90. The highest BCUT2D eigenvalue weighted by Gasteiger charge is 2.43. The van der Waals surface area contributed by atoms with Gasteiger partial charge in [-0.1, -0.05) is 0 Å². The van der Waals surface area contributed by atoms with Crippen LogP contribution >= 0.6 is 0 Å². The van der Waals surface area contributed by atoms with Crippen molar-refractivity contribution in [2.45, 2.75) is 37.1 Å². The van der Waals surface area contributed by atoms with E-state index in [1.807, 2.05) is 0 Å². The third-order valence-corrected chi connectivity index (χ3v) is 5.18. The standard InChI is InChI=1S/C20H28N4O8/c1-29-11-5-9(6-12(30-2)17(11)31-3)4-10-7-22-20(23-18(10)21)24-19-16(28)15(27)14(26)13(8-25)32-19/h5-7,13-16,19,25-28H,4,8H2,1-3H3,(H3,21,22,23,24)/t13-,14-,15+,16-,19-/m1/s1. The molecule has 7 N–H and O–H groups in total. The van der Waals surface area contributed by atoms with Gasteiger partial charge in [0.1, 0.15) is 30.2 Å². The number of nitrogens with zero attached hydrogens (tertiary/aromatic N) is 2. The van der Waals surface area contributed by atoms with Crippen molar-refractivity contribution in [2.75, 3.05) is 39.0 Å². The van der Waals surface area contributed by atoms with E-state index in [0.29, 0.717) is 29.2 Å². The van der Waals surface area contributed by atoms with E-state index in [2.05, 4.69) is 15.3 Å². The second-order valence-corrected chi connectivity index (χ2v) is 7.21. The van der Waals surface area contributed by atoms with Crippen LogP contribution in [0.4, 0.5) is 11.8 Å². The molecule has 0 saturated carbocycles. The smallest absolute Gasteiger partial charge is 0.226 e. The van der Waals surface area contributed by atoms with Crippen LogP contribution in [0.5, 0.6) is 17.2 Å². The predicted octanol–water partition coefficient (Wildman–Crippen LogP) is -1.11. The third-order valence-electron chi connectivity index (χ3n) is 5.18. The van der Waals surface area contributed by atoms with Crippen LogP contribution < -0.4 is 25.3 Å². The molecule has 176 valence electrons. The first-order valence-electron chi connectivity index (χ1n) is 9.80. The first-order valence-corrected chi connectivity index (χ1v) is 9.80. The largest absolute Gasteiger partial charge is 0.493 e. The number of nitrogens with one attached hydrogen (secondary N) is 1. The van der Waals surface area contributed by atoms with Crippen molar-refractivity contribution >= 4 is 11.8 Å². The second kappa shape index (κ2) is 10.1. The van der Waals surface area contributed by atoms with Crippen molar-refractivity contribution in [2.24, 2.45) is 0 Å². The topological polar surface area (TPSA) is 182 Å². The molecule has 1 aromatic carbocycles. The normalized spacial score (nSPS) is 25.3. The van der Waals surface area contributed by atoms with Crippen LogP contribution in [-0.4, -0.2) is 89.0 Å². The molecule has 0 unspecified atom stereocenters. The van der Waals surface area contributed by atoms with E-state index >= 15 is 0 Å². The summed E-state index contributed by atoms with van der Waals surface area (Å²) in [6.45, 7) is -0.542. The average Bonchev–Trinajstić information content (AvgIpc) is 2.80. The number of benzene rings is 1. The minimum Gasteiger partial charge on any atom is -0.493 e. The number of anilines is 2. The van der Waals surface area contributed by atoms with Gasteiger partial charge in [0.25, 0.3) is 0 Å². The molecule has 1 saturated heterocycles. The SMILES string of the molecule is COc1cc(Cc2cnc(N[C@@H]3O[C@H](CO)[C@@H](O)[C@H](O)[C@H]3O)nc2N)cc(OC)c1OC. The molecule has 12 heteroatoms. The summed E-state index contributed by atoms with van der Waals surface area (Å²) in [6.07, 6.45) is -4.78. The number of methoxy groups -OCH3 is 3. The molecule has 1 fully saturated rings. The highest BCUT2D eigenvalue weighted by Crippen LogP contribution is 2.38. The minimum absolute atomic E-state index is 0.0421. The van der Waals surface area contributed by atoms with E-state index in [4.69, 9.17) is 24.7 Å². The lowest BCUT2D eigenvalue weighted by Gasteiger charge is -2.40. The summed E-state index contributed by atoms with van der Waals surface area (Å²) in [7, 11) is 4.57. The van der Waals surface area contributed by atoms with Crippen molar-refractivity contribution in [3.63, 3.8) is 0 Å². The van der Waals surface area contributed by atoms with Gasteiger partial charge in [0, 0.05) is 18.2 Å². The van der Waals surface area contributed by atoms with Crippen LogP contribution in [0.2, 0.25) is 0 Å². The highest BCUT2D eigenvalue weighted by atomic mass is 16.6. The Balaban J connectivity index is 1.77. The summed E-state index contributed by atoms with van der Waals surface area (Å²) < 4.78 is 21.4. The summed E-state index contributed by atoms with van der Waals surface area (Å²) in [5, 5.41) is 41.9. The average molecular weight is 452 g/mol. The van der Waals surface area contributed by atoms with Crippen molar-refractivity contribution in [1.82, 2.24) is 9.97 Å². The van der Waals surface area contributed by atoms with E-state index < -0.39 is 37.3 Å². The Morgan fingerprint density at radius 1 is 1.03 bits per heavy atom. The van der Waals surface area contributed by atoms with Gasteiger partial charge in [0.2, 0.25) is 11.7 Å². The summed E-state index contributed by atoms with van der Waals surface area (Å²) in [5.74, 6) is 1.70. The molecule has 0 amide bonds. The number of ether oxygens (including phenoxy) is 4. The van der Waals surface area contributed by atoms with Crippen molar-refractivity contribution in [1.29, 1.82) is 0 Å². The molecule has 0 bridgehead atoms. The third kappa shape index (κ3) is 4.79. The molecule has 0 radical (unpaired) electrons. The molecule has 2 aromatic rings. The number of rotatable bonds is 8. The van der Waals surface area contributed by atoms with Crippen LogP contribution in [0.15, 0.2) is 18.3 Å². The van der Waals surface area contributed by atoms with Crippen molar-refractivity contribution < 1.29 is 39.4 Å². The quantitative estimate of drug-likeness (QED) is 0.284. The van der Waals surface area contributed by atoms with Crippen LogP contribution in [0.25, 0.3) is 0 Å². The van der Waals surface area contributed by atoms with Gasteiger partial charge in [0.15, 0.2) is 17.7 Å². The van der Waals surface area contributed by atoms with E-state index in [1.54, 1.807) is 12.1 Å². The summed E-state index contributed by atoms with van der Waals surface area (Å²) in [4.78, 5) is 8.37. The number of nitrogen functional groups attached to an aromatic ring is 1. The zero-order chi connectivity index (χ0) is 23.4. The Bertz CT molecular complexity index is 903. The highest BCUT2D eigenvalue weighted by molar-refractivity contribution is 5.55. The van der Waals surface area contributed by atoms with Gasteiger partial charge in [-0.3, -0.25) is 0 Å². The summed E-state index contributed by atoms with van der Waals surface area (Å²) >= 11 is 0. The molecule has 0 aliphatic carbocycles. The molecule has 12 nitrogen and oxygen atoms in total. The number of aliphatic hydroxyl groups excluding tert-OH is 4. The van der Waals surface area contributed by atoms with Crippen molar-refractivity contribution in [3.05, 3.63) is 29.5 Å². The zero-order valence-electron chi connectivity index (χ0n) is 17.9. The van der Waals surface area contributed by atoms with Crippen LogP contribution in [0.3, 0.4) is 0 Å². The lowest BCUT2D eigenvalue weighted by atomic mass is 9.98. The fourth-order valence-electron chi connectivity index (χ4n) is 3.43. The minimum atomic E-state index is -1.52. The number of aromatic nitrogens is 2. The molecule has 1 aliphatic heterocycles. The molecule has 32 heavy (non-hydrogen) atoms. The number of nitrogens with two attached hydrogens (primary N) is 1. The maximum atomic E-state index is 10.1. The molecule has 0 spiro atoms. The van der Waals surface area contributed by atoms with Gasteiger partial charge in [-0.05, 0) is 17.7 Å². The van der Waals surface area contributed by atoms with E-state index in [1.165, 1.54) is 27.5 Å². The number of hydrogen-bond donors (Lipinski definition) is 6. The van der Waals surface area contributed by atoms with Crippen LogP contribution in [0.1, 0.15) is 11.1 Å². The number of aliphatic hydroxyl groups is 4. The Morgan fingerprint density at radius 2 is 1.69 bits per heavy atom. The lowest BCUT2D eigenvalue weighted by molar-refractivity contribution is -0.221. The van der Waals surface area contributed by atoms with Crippen LogP contribution in [-0.2, 0) is 11.2 Å². The first-order chi connectivity index (χ1) is 15.3. The summed E-state index contributed by atoms with van der Waals surface area (Å²) in [5.41, 5.74) is 7.55. The predicted molar refractivity (Wildman–Crippen MR) is 113 cm³/mol. The van der Waals surface area contributed by atoms with Gasteiger partial charge >= 0.3 is 0 Å². The maximum Gasteiger partial charge on any atom is 0.226 e. The van der Waals surface area contributed by atoms with Gasteiger partial charge in [-0.25, -0.2) is 4.98 Å². The Kier molecular flexibility index (Phi) is 7.53. The fraction of sp³-hybridized carbons (Fsp3) is 0.500. The molecule has 5 atom stereocenters. The zero-order valence-corrected chi connectivity index (χ0v) is 17.9. The van der Waals surface area contributed by atoms with Crippen molar-refractivity contribution in [3.8, 4) is 17.2 Å². The fourth-order valence-corrected chi connectivity index (χ4v) is 3.43.